The number of rotatable bonds is 4. The predicted molar refractivity (Wildman–Crippen MR) is 105 cm³/mol. The lowest BCUT2D eigenvalue weighted by atomic mass is 10.2. The Labute approximate surface area is 151 Å². The van der Waals surface area contributed by atoms with Gasteiger partial charge in [0.15, 0.2) is 5.96 Å². The van der Waals surface area contributed by atoms with Crippen molar-refractivity contribution in [1.82, 2.24) is 15.1 Å². The van der Waals surface area contributed by atoms with Crippen molar-refractivity contribution >= 4 is 41.7 Å². The monoisotopic (exact) mass is 426 g/mol. The van der Waals surface area contributed by atoms with Crippen LogP contribution in [0.25, 0.3) is 0 Å². The molecule has 6 heteroatoms. The molecule has 2 saturated heterocycles. The molecule has 2 aliphatic heterocycles. The van der Waals surface area contributed by atoms with Crippen LogP contribution in [0.3, 0.4) is 0 Å². The highest BCUT2D eigenvalue weighted by Gasteiger charge is 2.28. The summed E-state index contributed by atoms with van der Waals surface area (Å²) < 4.78 is 0.337. The van der Waals surface area contributed by atoms with Gasteiger partial charge in [0.25, 0.3) is 0 Å². The summed E-state index contributed by atoms with van der Waals surface area (Å²) in [6.45, 7) is 14.5. The summed E-state index contributed by atoms with van der Waals surface area (Å²) in [5.41, 5.74) is 0. The Kier molecular flexibility index (Phi) is 8.71. The maximum absolute atomic E-state index is 4.85. The fraction of sp³-hybridized carbons (Fsp3) is 0.933. The van der Waals surface area contributed by atoms with Gasteiger partial charge in [-0.15, -0.1) is 24.0 Å². The minimum Gasteiger partial charge on any atom is -0.357 e. The summed E-state index contributed by atoms with van der Waals surface area (Å²) in [5, 5.41) is 3.46. The highest BCUT2D eigenvalue weighted by atomic mass is 127. The number of thioether (sulfide) groups is 1. The standard InChI is InChI=1S/C15H30N4S.HI/c1-4-16-14(17-7-10-18-8-5-6-9-18)19-11-12-20-15(2,3)13-19;/h4-13H2,1-3H3,(H,16,17);1H. The number of hydrogen-bond acceptors (Lipinski definition) is 3. The Balaban J connectivity index is 0.00000220. The van der Waals surface area contributed by atoms with Gasteiger partial charge in [0.1, 0.15) is 0 Å². The van der Waals surface area contributed by atoms with E-state index in [0.717, 1.165) is 38.7 Å². The average Bonchev–Trinajstić information content (AvgIpc) is 2.90. The Morgan fingerprint density at radius 2 is 1.95 bits per heavy atom. The number of likely N-dealkylation sites (tertiary alicyclic amines) is 1. The number of guanidine groups is 1. The second-order valence-electron chi connectivity index (χ2n) is 6.31. The van der Waals surface area contributed by atoms with E-state index < -0.39 is 0 Å². The van der Waals surface area contributed by atoms with E-state index in [1.54, 1.807) is 0 Å². The molecule has 21 heavy (non-hydrogen) atoms. The molecule has 0 aromatic heterocycles. The van der Waals surface area contributed by atoms with Crippen molar-refractivity contribution in [2.75, 3.05) is 51.6 Å². The second kappa shape index (κ2) is 9.45. The van der Waals surface area contributed by atoms with Crippen LogP contribution in [0.4, 0.5) is 0 Å². The molecule has 2 heterocycles. The Morgan fingerprint density at radius 3 is 2.57 bits per heavy atom. The van der Waals surface area contributed by atoms with Crippen LogP contribution in [0.15, 0.2) is 4.99 Å². The first kappa shape index (κ1) is 19.4. The molecule has 124 valence electrons. The predicted octanol–water partition coefficient (Wildman–Crippen LogP) is 2.49. The van der Waals surface area contributed by atoms with Gasteiger partial charge in [-0.25, -0.2) is 0 Å². The van der Waals surface area contributed by atoms with Crippen molar-refractivity contribution in [1.29, 1.82) is 0 Å². The van der Waals surface area contributed by atoms with Gasteiger partial charge in [0, 0.05) is 36.7 Å². The van der Waals surface area contributed by atoms with Crippen LogP contribution in [0.5, 0.6) is 0 Å². The van der Waals surface area contributed by atoms with Crippen molar-refractivity contribution < 1.29 is 0 Å². The quantitative estimate of drug-likeness (QED) is 0.425. The van der Waals surface area contributed by atoms with Crippen LogP contribution in [0, 0.1) is 0 Å². The normalized spacial score (nSPS) is 23.0. The van der Waals surface area contributed by atoms with E-state index in [1.165, 1.54) is 31.7 Å². The molecular weight excluding hydrogens is 395 g/mol. The lowest BCUT2D eigenvalue weighted by Crippen LogP contribution is -2.51. The molecule has 2 fully saturated rings. The number of nitrogens with one attached hydrogen (secondary N) is 1. The summed E-state index contributed by atoms with van der Waals surface area (Å²) in [4.78, 5) is 9.81. The van der Waals surface area contributed by atoms with E-state index >= 15 is 0 Å². The molecule has 4 nitrogen and oxygen atoms in total. The third-order valence-corrected chi connectivity index (χ3v) is 5.23. The van der Waals surface area contributed by atoms with Gasteiger partial charge in [-0.05, 0) is 46.7 Å². The minimum absolute atomic E-state index is 0. The topological polar surface area (TPSA) is 30.9 Å². The molecule has 0 aromatic carbocycles. The van der Waals surface area contributed by atoms with Gasteiger partial charge in [-0.1, -0.05) is 0 Å². The van der Waals surface area contributed by atoms with Crippen molar-refractivity contribution in [3.8, 4) is 0 Å². The minimum atomic E-state index is 0. The van der Waals surface area contributed by atoms with E-state index in [0.29, 0.717) is 4.75 Å². The van der Waals surface area contributed by atoms with Crippen molar-refractivity contribution in [3.63, 3.8) is 0 Å². The second-order valence-corrected chi connectivity index (χ2v) is 8.12. The average molecular weight is 426 g/mol. The first-order valence-electron chi connectivity index (χ1n) is 8.00. The molecule has 0 saturated carbocycles. The maximum atomic E-state index is 4.85. The van der Waals surface area contributed by atoms with Crippen LogP contribution < -0.4 is 5.32 Å². The zero-order valence-corrected chi connectivity index (χ0v) is 16.9. The van der Waals surface area contributed by atoms with E-state index in [1.807, 2.05) is 0 Å². The summed E-state index contributed by atoms with van der Waals surface area (Å²) in [6.07, 6.45) is 2.72. The summed E-state index contributed by atoms with van der Waals surface area (Å²) in [7, 11) is 0. The van der Waals surface area contributed by atoms with Crippen LogP contribution in [-0.2, 0) is 0 Å². The summed E-state index contributed by atoms with van der Waals surface area (Å²) in [5.74, 6) is 2.31. The highest BCUT2D eigenvalue weighted by molar-refractivity contribution is 14.0. The SMILES string of the molecule is CCNC(=NCCN1CCCC1)N1CCSC(C)(C)C1.I. The first-order chi connectivity index (χ1) is 9.61. The molecule has 1 N–H and O–H groups in total. The molecule has 0 spiro atoms. The van der Waals surface area contributed by atoms with Crippen LogP contribution in [0.1, 0.15) is 33.6 Å². The van der Waals surface area contributed by atoms with Gasteiger partial charge >= 0.3 is 0 Å². The van der Waals surface area contributed by atoms with E-state index in [-0.39, 0.29) is 24.0 Å². The van der Waals surface area contributed by atoms with Gasteiger partial charge < -0.3 is 15.1 Å². The molecule has 0 radical (unpaired) electrons. The maximum Gasteiger partial charge on any atom is 0.194 e. The number of hydrogen-bond donors (Lipinski definition) is 1. The molecule has 2 rings (SSSR count). The molecule has 0 amide bonds. The lowest BCUT2D eigenvalue weighted by molar-refractivity contribution is 0.344. The van der Waals surface area contributed by atoms with Crippen LogP contribution >= 0.6 is 35.7 Å². The van der Waals surface area contributed by atoms with Crippen LogP contribution in [0.2, 0.25) is 0 Å². The van der Waals surface area contributed by atoms with Crippen LogP contribution in [-0.4, -0.2) is 72.1 Å². The summed E-state index contributed by atoms with van der Waals surface area (Å²) in [6, 6.07) is 0. The highest BCUT2D eigenvalue weighted by Crippen LogP contribution is 2.29. The zero-order valence-electron chi connectivity index (χ0n) is 13.7. The lowest BCUT2D eigenvalue weighted by Gasteiger charge is -2.39. The molecule has 0 aliphatic carbocycles. The molecule has 2 aliphatic rings. The van der Waals surface area contributed by atoms with Crippen molar-refractivity contribution in [2.45, 2.75) is 38.4 Å². The first-order valence-corrected chi connectivity index (χ1v) is 8.99. The number of nitrogens with zero attached hydrogens (tertiary/aromatic N) is 3. The number of halogens is 1. The van der Waals surface area contributed by atoms with E-state index in [9.17, 15) is 0 Å². The molecule has 0 bridgehead atoms. The van der Waals surface area contributed by atoms with Gasteiger partial charge in [0.2, 0.25) is 0 Å². The smallest absolute Gasteiger partial charge is 0.194 e. The third-order valence-electron chi connectivity index (χ3n) is 3.94. The Hall–Kier alpha value is 0.310. The van der Waals surface area contributed by atoms with E-state index in [2.05, 4.69) is 47.6 Å². The molecule has 0 aromatic rings. The molecular formula is C15H31IN4S. The van der Waals surface area contributed by atoms with Crippen molar-refractivity contribution in [3.05, 3.63) is 0 Å². The zero-order chi connectivity index (χ0) is 14.4. The van der Waals surface area contributed by atoms with Gasteiger partial charge in [-0.2, -0.15) is 11.8 Å². The van der Waals surface area contributed by atoms with E-state index in [4.69, 9.17) is 4.99 Å². The van der Waals surface area contributed by atoms with Gasteiger partial charge in [-0.3, -0.25) is 4.99 Å². The summed E-state index contributed by atoms with van der Waals surface area (Å²) >= 11 is 2.07. The Morgan fingerprint density at radius 1 is 1.24 bits per heavy atom. The molecule has 0 atom stereocenters. The Bertz CT molecular complexity index is 330. The number of aliphatic imine (C=N–C) groups is 1. The third kappa shape index (κ3) is 6.52. The van der Waals surface area contributed by atoms with Gasteiger partial charge in [0.05, 0.1) is 6.54 Å². The fourth-order valence-electron chi connectivity index (χ4n) is 2.93. The van der Waals surface area contributed by atoms with Crippen molar-refractivity contribution in [2.24, 2.45) is 4.99 Å². The fourth-order valence-corrected chi connectivity index (χ4v) is 4.04. The molecule has 0 unspecified atom stereocenters. The largest absolute Gasteiger partial charge is 0.357 e.